The summed E-state index contributed by atoms with van der Waals surface area (Å²) in [5.41, 5.74) is 3.39. The Labute approximate surface area is 188 Å². The normalized spacial score (nSPS) is 10.8. The van der Waals surface area contributed by atoms with Gasteiger partial charge in [0.15, 0.2) is 0 Å². The molecule has 5 nitrogen and oxygen atoms in total. The zero-order valence-electron chi connectivity index (χ0n) is 16.9. The fourth-order valence-corrected chi connectivity index (χ4v) is 4.25. The third kappa shape index (κ3) is 3.91. The first kappa shape index (κ1) is 19.8. The number of hydrogen-bond donors (Lipinski definition) is 2. The maximum Gasteiger partial charge on any atom is 0.258 e. The van der Waals surface area contributed by atoms with Crippen LogP contribution in [0.4, 0.5) is 5.88 Å². The Morgan fingerprint density at radius 2 is 1.56 bits per heavy atom. The molecule has 0 unspecified atom stereocenters. The number of amides is 1. The molecule has 2 heterocycles. The second kappa shape index (κ2) is 8.53. The molecule has 0 saturated heterocycles. The van der Waals surface area contributed by atoms with Gasteiger partial charge in [-0.1, -0.05) is 60.7 Å². The van der Waals surface area contributed by atoms with E-state index in [-0.39, 0.29) is 23.4 Å². The number of phenolic OH excluding ortho intramolecular Hbond substituents is 1. The zero-order valence-corrected chi connectivity index (χ0v) is 17.7. The highest BCUT2D eigenvalue weighted by molar-refractivity contribution is 7.14. The third-order valence-corrected chi connectivity index (χ3v) is 5.94. The SMILES string of the molecule is O=C(Nc1oc(-c2ccccc2O)nc1-c1csc(-c2ccccc2)c1)c1ccccc1. The van der Waals surface area contributed by atoms with E-state index in [1.807, 2.05) is 47.8 Å². The van der Waals surface area contributed by atoms with Crippen LogP contribution in [0.25, 0.3) is 33.2 Å². The van der Waals surface area contributed by atoms with Crippen LogP contribution in [0, 0.1) is 0 Å². The van der Waals surface area contributed by atoms with Crippen molar-refractivity contribution < 1.29 is 14.3 Å². The molecule has 1 amide bonds. The van der Waals surface area contributed by atoms with Crippen LogP contribution < -0.4 is 5.32 Å². The number of nitrogens with one attached hydrogen (secondary N) is 1. The Morgan fingerprint density at radius 1 is 0.875 bits per heavy atom. The molecular formula is C26H18N2O3S. The van der Waals surface area contributed by atoms with E-state index in [2.05, 4.69) is 10.3 Å². The maximum atomic E-state index is 12.8. The number of benzene rings is 3. The van der Waals surface area contributed by atoms with Crippen molar-refractivity contribution in [3.63, 3.8) is 0 Å². The van der Waals surface area contributed by atoms with Crippen molar-refractivity contribution in [3.8, 4) is 38.9 Å². The van der Waals surface area contributed by atoms with Crippen molar-refractivity contribution in [3.05, 3.63) is 102 Å². The van der Waals surface area contributed by atoms with Gasteiger partial charge in [-0.25, -0.2) is 4.98 Å². The molecule has 32 heavy (non-hydrogen) atoms. The number of aromatic hydroxyl groups is 1. The molecule has 0 atom stereocenters. The van der Waals surface area contributed by atoms with E-state index in [1.54, 1.807) is 59.9 Å². The fraction of sp³-hybridized carbons (Fsp3) is 0. The van der Waals surface area contributed by atoms with E-state index in [0.29, 0.717) is 16.8 Å². The second-order valence-electron chi connectivity index (χ2n) is 7.10. The van der Waals surface area contributed by atoms with Crippen LogP contribution in [0.1, 0.15) is 10.4 Å². The minimum atomic E-state index is -0.301. The summed E-state index contributed by atoms with van der Waals surface area (Å²) in [7, 11) is 0. The number of rotatable bonds is 5. The van der Waals surface area contributed by atoms with E-state index < -0.39 is 0 Å². The monoisotopic (exact) mass is 438 g/mol. The first-order chi connectivity index (χ1) is 15.7. The Kier molecular flexibility index (Phi) is 5.27. The van der Waals surface area contributed by atoms with Crippen molar-refractivity contribution in [1.29, 1.82) is 0 Å². The third-order valence-electron chi connectivity index (χ3n) is 4.96. The van der Waals surface area contributed by atoms with Crippen molar-refractivity contribution >= 4 is 23.1 Å². The van der Waals surface area contributed by atoms with E-state index in [1.165, 1.54) is 0 Å². The highest BCUT2D eigenvalue weighted by Gasteiger charge is 2.21. The number of nitrogens with zero attached hydrogens (tertiary/aromatic N) is 1. The standard InChI is InChI=1S/C26H18N2O3S/c29-21-14-8-7-13-20(21)25-27-23(19-15-22(32-16-19)17-9-3-1-4-10-17)26(31-25)28-24(30)18-11-5-2-6-12-18/h1-16,29H,(H,28,30). The van der Waals surface area contributed by atoms with Crippen molar-refractivity contribution in [1.82, 2.24) is 4.98 Å². The summed E-state index contributed by atoms with van der Waals surface area (Å²) in [6.45, 7) is 0. The summed E-state index contributed by atoms with van der Waals surface area (Å²) in [6.07, 6.45) is 0. The molecule has 5 rings (SSSR count). The Hall–Kier alpha value is -4.16. The summed E-state index contributed by atoms with van der Waals surface area (Å²) >= 11 is 1.59. The minimum Gasteiger partial charge on any atom is -0.507 e. The summed E-state index contributed by atoms with van der Waals surface area (Å²) < 4.78 is 5.94. The Bertz CT molecular complexity index is 1370. The molecule has 0 bridgehead atoms. The zero-order chi connectivity index (χ0) is 21.9. The van der Waals surface area contributed by atoms with Crippen molar-refractivity contribution in [2.45, 2.75) is 0 Å². The molecule has 0 saturated carbocycles. The van der Waals surface area contributed by atoms with E-state index in [4.69, 9.17) is 4.42 Å². The number of thiophene rings is 1. The van der Waals surface area contributed by atoms with Gasteiger partial charge in [-0.2, -0.15) is 0 Å². The lowest BCUT2D eigenvalue weighted by Crippen LogP contribution is -2.11. The first-order valence-corrected chi connectivity index (χ1v) is 10.9. The molecule has 0 aliphatic rings. The summed E-state index contributed by atoms with van der Waals surface area (Å²) in [5, 5.41) is 15.1. The molecule has 156 valence electrons. The molecule has 5 aromatic rings. The maximum absolute atomic E-state index is 12.8. The first-order valence-electron chi connectivity index (χ1n) is 9.99. The number of carbonyl (C=O) groups is 1. The molecule has 0 aliphatic carbocycles. The summed E-state index contributed by atoms with van der Waals surface area (Å²) in [6, 6.07) is 27.8. The van der Waals surface area contributed by atoms with Gasteiger partial charge in [0.1, 0.15) is 11.4 Å². The van der Waals surface area contributed by atoms with Crippen molar-refractivity contribution in [2.75, 3.05) is 5.32 Å². The van der Waals surface area contributed by atoms with Gasteiger partial charge in [-0.3, -0.25) is 10.1 Å². The van der Waals surface area contributed by atoms with Crippen LogP contribution >= 0.6 is 11.3 Å². The molecule has 0 radical (unpaired) electrons. The largest absolute Gasteiger partial charge is 0.507 e. The number of hydrogen-bond acceptors (Lipinski definition) is 5. The van der Waals surface area contributed by atoms with Crippen LogP contribution in [0.2, 0.25) is 0 Å². The molecule has 2 aromatic heterocycles. The number of para-hydroxylation sites is 1. The molecule has 0 aliphatic heterocycles. The molecule has 0 spiro atoms. The minimum absolute atomic E-state index is 0.0523. The predicted octanol–water partition coefficient (Wildman–Crippen LogP) is 6.70. The van der Waals surface area contributed by atoms with E-state index >= 15 is 0 Å². The van der Waals surface area contributed by atoms with Crippen LogP contribution in [0.5, 0.6) is 5.75 Å². The van der Waals surface area contributed by atoms with Crippen LogP contribution in [-0.4, -0.2) is 16.0 Å². The predicted molar refractivity (Wildman–Crippen MR) is 127 cm³/mol. The lowest BCUT2D eigenvalue weighted by Gasteiger charge is -2.03. The van der Waals surface area contributed by atoms with Gasteiger partial charge in [0.25, 0.3) is 5.91 Å². The van der Waals surface area contributed by atoms with Crippen LogP contribution in [-0.2, 0) is 0 Å². The average molecular weight is 439 g/mol. The van der Waals surface area contributed by atoms with Gasteiger partial charge >= 0.3 is 0 Å². The fourth-order valence-electron chi connectivity index (χ4n) is 3.35. The van der Waals surface area contributed by atoms with Crippen LogP contribution in [0.15, 0.2) is 101 Å². The quantitative estimate of drug-likeness (QED) is 0.320. The van der Waals surface area contributed by atoms with Gasteiger partial charge in [0.2, 0.25) is 11.8 Å². The van der Waals surface area contributed by atoms with E-state index in [0.717, 1.165) is 16.0 Å². The summed E-state index contributed by atoms with van der Waals surface area (Å²) in [4.78, 5) is 18.5. The number of phenols is 1. The Morgan fingerprint density at radius 3 is 2.31 bits per heavy atom. The average Bonchev–Trinajstić information content (AvgIpc) is 3.48. The van der Waals surface area contributed by atoms with Crippen LogP contribution in [0.3, 0.4) is 0 Å². The molecule has 0 fully saturated rings. The Balaban J connectivity index is 1.57. The number of anilines is 1. The van der Waals surface area contributed by atoms with Gasteiger partial charge in [0.05, 0.1) is 5.56 Å². The van der Waals surface area contributed by atoms with Gasteiger partial charge in [-0.05, 0) is 35.9 Å². The summed E-state index contributed by atoms with van der Waals surface area (Å²) in [5.74, 6) is 0.213. The highest BCUT2D eigenvalue weighted by Crippen LogP contribution is 2.39. The van der Waals surface area contributed by atoms with Crippen molar-refractivity contribution in [2.24, 2.45) is 0 Å². The highest BCUT2D eigenvalue weighted by atomic mass is 32.1. The number of oxazole rings is 1. The topological polar surface area (TPSA) is 75.4 Å². The molecular weight excluding hydrogens is 420 g/mol. The molecule has 2 N–H and O–H groups in total. The van der Waals surface area contributed by atoms with E-state index in [9.17, 15) is 9.90 Å². The van der Waals surface area contributed by atoms with Gasteiger partial charge < -0.3 is 9.52 Å². The van der Waals surface area contributed by atoms with Gasteiger partial charge in [-0.15, -0.1) is 11.3 Å². The lowest BCUT2D eigenvalue weighted by molar-refractivity contribution is 0.102. The number of aromatic nitrogens is 1. The smallest absolute Gasteiger partial charge is 0.258 e. The van der Waals surface area contributed by atoms with Gasteiger partial charge in [0, 0.05) is 21.4 Å². The molecule has 6 heteroatoms. The second-order valence-corrected chi connectivity index (χ2v) is 8.01. The molecule has 3 aromatic carbocycles. The number of carbonyl (C=O) groups excluding carboxylic acids is 1. The lowest BCUT2D eigenvalue weighted by atomic mass is 10.1.